The Bertz CT molecular complexity index is 1000. The van der Waals surface area contributed by atoms with Crippen LogP contribution in [0.1, 0.15) is 5.56 Å². The molecule has 1 amide bonds. The summed E-state index contributed by atoms with van der Waals surface area (Å²) in [5.41, 5.74) is 2.00. The van der Waals surface area contributed by atoms with Crippen molar-refractivity contribution in [2.24, 2.45) is 0 Å². The largest absolute Gasteiger partial charge is 0.494 e. The van der Waals surface area contributed by atoms with E-state index in [2.05, 4.69) is 20.8 Å². The minimum atomic E-state index is -0.318. The van der Waals surface area contributed by atoms with Crippen LogP contribution in [0.5, 0.6) is 5.75 Å². The third-order valence-corrected chi connectivity index (χ3v) is 5.34. The number of ether oxygens (including phenoxy) is 1. The average molecular weight is 459 g/mol. The maximum absolute atomic E-state index is 12.3. The van der Waals surface area contributed by atoms with Gasteiger partial charge in [-0.25, -0.2) is 0 Å². The van der Waals surface area contributed by atoms with E-state index in [0.717, 1.165) is 17.3 Å². The van der Waals surface area contributed by atoms with Crippen molar-refractivity contribution in [3.63, 3.8) is 0 Å². The van der Waals surface area contributed by atoms with E-state index in [1.54, 1.807) is 7.11 Å². The quantitative estimate of drug-likeness (QED) is 0.541. The number of nitrogens with one attached hydrogen (secondary N) is 1. The monoisotopic (exact) mass is 457 g/mol. The molecule has 3 aromatic rings. The molecule has 3 rings (SSSR count). The van der Waals surface area contributed by atoms with Gasteiger partial charge in [-0.15, -0.1) is 5.10 Å². The number of hydrogen-bond donors (Lipinski definition) is 1. The van der Waals surface area contributed by atoms with Gasteiger partial charge < -0.3 is 10.1 Å². The predicted octanol–water partition coefficient (Wildman–Crippen LogP) is 4.67. The van der Waals surface area contributed by atoms with Crippen molar-refractivity contribution in [2.75, 3.05) is 18.2 Å². The molecule has 0 radical (unpaired) electrons. The van der Waals surface area contributed by atoms with E-state index >= 15 is 0 Å². The lowest BCUT2D eigenvalue weighted by Crippen LogP contribution is -2.15. The Kier molecular flexibility index (Phi) is 6.66. The summed E-state index contributed by atoms with van der Waals surface area (Å²) in [6.07, 6.45) is 0. The molecule has 0 fully saturated rings. The van der Waals surface area contributed by atoms with Gasteiger partial charge in [0, 0.05) is 5.02 Å². The minimum absolute atomic E-state index is 0.0454. The van der Waals surface area contributed by atoms with E-state index < -0.39 is 0 Å². The van der Waals surface area contributed by atoms with Crippen LogP contribution >= 0.6 is 46.6 Å². The fourth-order valence-corrected chi connectivity index (χ4v) is 3.95. The summed E-state index contributed by atoms with van der Waals surface area (Å²) in [4.78, 5) is 12.3. The number of carbonyl (C=O) groups excluding carboxylic acids is 1. The highest BCUT2D eigenvalue weighted by Gasteiger charge is 2.16. The standard InChI is InChI=1S/C17H14Cl3N5O2S/c1-9-3-4-14(27-2)13(5-9)25-17(22-23-24-25)28-8-15(26)21-16-11(19)6-10(18)7-12(16)20/h3-7H,8H2,1-2H3,(H,21,26). The van der Waals surface area contributed by atoms with Gasteiger partial charge in [-0.05, 0) is 47.2 Å². The van der Waals surface area contributed by atoms with Gasteiger partial charge in [0.25, 0.3) is 0 Å². The zero-order valence-corrected chi connectivity index (χ0v) is 17.8. The molecule has 0 saturated carbocycles. The van der Waals surface area contributed by atoms with E-state index in [4.69, 9.17) is 39.5 Å². The Morgan fingerprint density at radius 1 is 1.21 bits per heavy atom. The number of thioether (sulfide) groups is 1. The van der Waals surface area contributed by atoms with E-state index in [1.165, 1.54) is 16.8 Å². The molecular weight excluding hydrogens is 445 g/mol. The second kappa shape index (κ2) is 9.00. The first kappa shape index (κ1) is 20.7. The van der Waals surface area contributed by atoms with Crippen molar-refractivity contribution in [1.29, 1.82) is 0 Å². The molecule has 0 bridgehead atoms. The third-order valence-electron chi connectivity index (χ3n) is 3.61. The number of aromatic nitrogens is 4. The summed E-state index contributed by atoms with van der Waals surface area (Å²) in [5.74, 6) is 0.342. The molecule has 0 aliphatic heterocycles. The van der Waals surface area contributed by atoms with E-state index in [0.29, 0.717) is 27.3 Å². The number of amides is 1. The summed E-state index contributed by atoms with van der Waals surface area (Å²) >= 11 is 19.2. The zero-order valence-electron chi connectivity index (χ0n) is 14.7. The van der Waals surface area contributed by atoms with Crippen molar-refractivity contribution >= 4 is 58.2 Å². The van der Waals surface area contributed by atoms with Crippen LogP contribution in [0.4, 0.5) is 5.69 Å². The third kappa shape index (κ3) is 4.70. The van der Waals surface area contributed by atoms with Crippen LogP contribution in [0.25, 0.3) is 5.69 Å². The van der Waals surface area contributed by atoms with Crippen LogP contribution in [-0.4, -0.2) is 39.0 Å². The Hall–Kier alpha value is -2.00. The number of aryl methyl sites for hydroxylation is 1. The minimum Gasteiger partial charge on any atom is -0.494 e. The molecular formula is C17H14Cl3N5O2S. The number of rotatable bonds is 6. The molecule has 0 unspecified atom stereocenters. The smallest absolute Gasteiger partial charge is 0.234 e. The van der Waals surface area contributed by atoms with Crippen LogP contribution in [0.15, 0.2) is 35.5 Å². The Morgan fingerprint density at radius 3 is 2.61 bits per heavy atom. The van der Waals surface area contributed by atoms with Crippen molar-refractivity contribution in [2.45, 2.75) is 12.1 Å². The van der Waals surface area contributed by atoms with Gasteiger partial charge in [0.2, 0.25) is 11.1 Å². The van der Waals surface area contributed by atoms with E-state index in [9.17, 15) is 4.79 Å². The molecule has 0 aliphatic carbocycles. The van der Waals surface area contributed by atoms with Crippen molar-refractivity contribution in [3.05, 3.63) is 51.0 Å². The first-order chi connectivity index (χ1) is 13.4. The second-order valence-corrected chi connectivity index (χ2v) is 7.82. The highest BCUT2D eigenvalue weighted by molar-refractivity contribution is 7.99. The topological polar surface area (TPSA) is 81.9 Å². The van der Waals surface area contributed by atoms with Crippen LogP contribution in [0.2, 0.25) is 15.1 Å². The van der Waals surface area contributed by atoms with Gasteiger partial charge in [0.15, 0.2) is 0 Å². The Morgan fingerprint density at radius 2 is 1.93 bits per heavy atom. The van der Waals surface area contributed by atoms with Crippen LogP contribution in [-0.2, 0) is 4.79 Å². The first-order valence-corrected chi connectivity index (χ1v) is 10.0. The number of methoxy groups -OCH3 is 1. The lowest BCUT2D eigenvalue weighted by atomic mass is 10.2. The summed E-state index contributed by atoms with van der Waals surface area (Å²) < 4.78 is 6.89. The molecule has 28 heavy (non-hydrogen) atoms. The van der Waals surface area contributed by atoms with Gasteiger partial charge in [-0.2, -0.15) is 4.68 Å². The SMILES string of the molecule is COc1ccc(C)cc1-n1nnnc1SCC(=O)Nc1c(Cl)cc(Cl)cc1Cl. The number of benzene rings is 2. The number of carbonyl (C=O) groups is 1. The van der Waals surface area contributed by atoms with Crippen molar-refractivity contribution in [3.8, 4) is 11.4 Å². The molecule has 1 heterocycles. The number of halogens is 3. The summed E-state index contributed by atoms with van der Waals surface area (Å²) in [5, 5.41) is 15.7. The van der Waals surface area contributed by atoms with Gasteiger partial charge in [0.05, 0.1) is 28.6 Å². The van der Waals surface area contributed by atoms with Crippen molar-refractivity contribution in [1.82, 2.24) is 20.2 Å². The fraction of sp³-hybridized carbons (Fsp3) is 0.176. The normalized spacial score (nSPS) is 10.8. The lowest BCUT2D eigenvalue weighted by Gasteiger charge is -2.11. The second-order valence-electron chi connectivity index (χ2n) is 5.63. The van der Waals surface area contributed by atoms with E-state index in [-0.39, 0.29) is 21.7 Å². The van der Waals surface area contributed by atoms with Crippen LogP contribution < -0.4 is 10.1 Å². The first-order valence-electron chi connectivity index (χ1n) is 7.89. The molecule has 0 spiro atoms. The molecule has 146 valence electrons. The summed E-state index contributed by atoms with van der Waals surface area (Å²) in [6.45, 7) is 1.95. The molecule has 7 nitrogen and oxygen atoms in total. The molecule has 0 saturated heterocycles. The predicted molar refractivity (Wildman–Crippen MR) is 111 cm³/mol. The molecule has 0 atom stereocenters. The fourth-order valence-electron chi connectivity index (χ4n) is 2.35. The lowest BCUT2D eigenvalue weighted by molar-refractivity contribution is -0.113. The van der Waals surface area contributed by atoms with Crippen LogP contribution in [0.3, 0.4) is 0 Å². The molecule has 1 aromatic heterocycles. The molecule has 2 aromatic carbocycles. The zero-order chi connectivity index (χ0) is 20.3. The Balaban J connectivity index is 1.74. The van der Waals surface area contributed by atoms with Gasteiger partial charge in [-0.3, -0.25) is 4.79 Å². The summed E-state index contributed by atoms with van der Waals surface area (Å²) in [6, 6.07) is 8.65. The van der Waals surface area contributed by atoms with Gasteiger partial charge in [-0.1, -0.05) is 52.6 Å². The number of tetrazole rings is 1. The highest BCUT2D eigenvalue weighted by atomic mass is 35.5. The summed E-state index contributed by atoms with van der Waals surface area (Å²) in [7, 11) is 1.57. The maximum Gasteiger partial charge on any atom is 0.234 e. The van der Waals surface area contributed by atoms with Gasteiger partial charge >= 0.3 is 0 Å². The molecule has 0 aliphatic rings. The number of hydrogen-bond acceptors (Lipinski definition) is 6. The van der Waals surface area contributed by atoms with E-state index in [1.807, 2.05) is 25.1 Å². The number of anilines is 1. The average Bonchev–Trinajstić information content (AvgIpc) is 3.11. The Labute approximate surface area is 180 Å². The van der Waals surface area contributed by atoms with Crippen molar-refractivity contribution < 1.29 is 9.53 Å². The maximum atomic E-state index is 12.3. The van der Waals surface area contributed by atoms with Crippen LogP contribution in [0, 0.1) is 6.92 Å². The highest BCUT2D eigenvalue weighted by Crippen LogP contribution is 2.34. The van der Waals surface area contributed by atoms with Gasteiger partial charge in [0.1, 0.15) is 11.4 Å². The molecule has 11 heteroatoms. The molecule has 1 N–H and O–H groups in total. The number of nitrogens with zero attached hydrogens (tertiary/aromatic N) is 4.